The topological polar surface area (TPSA) is 72.9 Å². The van der Waals surface area contributed by atoms with Gasteiger partial charge in [0, 0.05) is 25.0 Å². The smallest absolute Gasteiger partial charge is 0.257 e. The second-order valence-corrected chi connectivity index (χ2v) is 3.71. The number of halogens is 2. The normalized spacial score (nSPS) is 10.4. The minimum Gasteiger partial charge on any atom is -0.398 e. The van der Waals surface area contributed by atoms with Crippen LogP contribution in [0.1, 0.15) is 10.4 Å². The summed E-state index contributed by atoms with van der Waals surface area (Å²) in [6.07, 6.45) is 2.99. The number of anilines is 2. The predicted octanol–water partition coefficient (Wildman–Crippen LogP) is 1.53. The summed E-state index contributed by atoms with van der Waals surface area (Å²) in [5.41, 5.74) is 5.64. The van der Waals surface area contributed by atoms with E-state index >= 15 is 0 Å². The number of aromatic nitrogens is 2. The van der Waals surface area contributed by atoms with Gasteiger partial charge in [0.15, 0.2) is 11.6 Å². The van der Waals surface area contributed by atoms with E-state index in [4.69, 9.17) is 5.73 Å². The number of aryl methyl sites for hydroxylation is 1. The van der Waals surface area contributed by atoms with Crippen LogP contribution in [0.15, 0.2) is 24.5 Å². The van der Waals surface area contributed by atoms with E-state index < -0.39 is 17.5 Å². The van der Waals surface area contributed by atoms with Crippen molar-refractivity contribution in [1.82, 2.24) is 9.78 Å². The fraction of sp³-hybridized carbons (Fsp3) is 0.0909. The Bertz CT molecular complexity index is 609. The average molecular weight is 252 g/mol. The molecule has 0 fully saturated rings. The van der Waals surface area contributed by atoms with Crippen LogP contribution in [-0.2, 0) is 7.05 Å². The lowest BCUT2D eigenvalue weighted by atomic mass is 10.1. The fourth-order valence-electron chi connectivity index (χ4n) is 1.44. The molecule has 0 aliphatic carbocycles. The van der Waals surface area contributed by atoms with E-state index in [0.717, 1.165) is 12.1 Å². The van der Waals surface area contributed by atoms with Crippen molar-refractivity contribution in [3.05, 3.63) is 41.7 Å². The quantitative estimate of drug-likeness (QED) is 0.796. The van der Waals surface area contributed by atoms with Crippen molar-refractivity contribution in [2.24, 2.45) is 7.05 Å². The molecule has 0 radical (unpaired) electrons. The second kappa shape index (κ2) is 4.44. The van der Waals surface area contributed by atoms with Crippen LogP contribution < -0.4 is 11.1 Å². The first-order chi connectivity index (χ1) is 8.47. The maximum absolute atomic E-state index is 13.0. The zero-order valence-corrected chi connectivity index (χ0v) is 9.45. The third-order valence-corrected chi connectivity index (χ3v) is 2.30. The Morgan fingerprint density at radius 3 is 2.67 bits per heavy atom. The predicted molar refractivity (Wildman–Crippen MR) is 61.9 cm³/mol. The molecule has 0 saturated carbocycles. The molecule has 5 nitrogen and oxygen atoms in total. The zero-order chi connectivity index (χ0) is 13.3. The van der Waals surface area contributed by atoms with Crippen LogP contribution in [0.5, 0.6) is 0 Å². The van der Waals surface area contributed by atoms with E-state index in [-0.39, 0.29) is 11.3 Å². The average Bonchev–Trinajstić information content (AvgIpc) is 2.69. The molecule has 0 atom stereocenters. The number of hydrogen-bond acceptors (Lipinski definition) is 3. The Labute approximate surface area is 101 Å². The molecular weight excluding hydrogens is 242 g/mol. The van der Waals surface area contributed by atoms with Crippen LogP contribution in [0.25, 0.3) is 0 Å². The van der Waals surface area contributed by atoms with Gasteiger partial charge in [-0.1, -0.05) is 0 Å². The number of nitrogens with two attached hydrogens (primary N) is 1. The van der Waals surface area contributed by atoms with Crippen LogP contribution in [-0.4, -0.2) is 15.7 Å². The molecule has 1 aromatic carbocycles. The molecule has 3 N–H and O–H groups in total. The lowest BCUT2D eigenvalue weighted by Gasteiger charge is -2.06. The molecule has 0 aliphatic rings. The highest BCUT2D eigenvalue weighted by atomic mass is 19.2. The van der Waals surface area contributed by atoms with Crippen LogP contribution in [0.4, 0.5) is 20.2 Å². The molecule has 0 aliphatic heterocycles. The van der Waals surface area contributed by atoms with E-state index in [2.05, 4.69) is 10.4 Å². The van der Waals surface area contributed by atoms with Crippen molar-refractivity contribution in [1.29, 1.82) is 0 Å². The van der Waals surface area contributed by atoms with Crippen molar-refractivity contribution in [3.63, 3.8) is 0 Å². The number of rotatable bonds is 2. The number of nitrogen functional groups attached to an aromatic ring is 1. The third-order valence-electron chi connectivity index (χ3n) is 2.30. The van der Waals surface area contributed by atoms with Crippen LogP contribution in [0.3, 0.4) is 0 Å². The Hall–Kier alpha value is -2.44. The first-order valence-corrected chi connectivity index (χ1v) is 5.02. The van der Waals surface area contributed by atoms with E-state index in [1.807, 2.05) is 0 Å². The molecular formula is C11H10F2N4O. The number of carbonyl (C=O) groups is 1. The van der Waals surface area contributed by atoms with Gasteiger partial charge in [0.1, 0.15) is 0 Å². The van der Waals surface area contributed by atoms with Gasteiger partial charge in [-0.25, -0.2) is 8.78 Å². The molecule has 0 bridgehead atoms. The number of carbonyl (C=O) groups excluding carboxylic acids is 1. The molecule has 0 saturated heterocycles. The van der Waals surface area contributed by atoms with Crippen molar-refractivity contribution < 1.29 is 13.6 Å². The molecule has 2 aromatic rings. The maximum atomic E-state index is 13.0. The molecule has 0 spiro atoms. The first kappa shape index (κ1) is 12.0. The number of nitrogens with one attached hydrogen (secondary N) is 1. The van der Waals surface area contributed by atoms with Crippen molar-refractivity contribution in [2.45, 2.75) is 0 Å². The van der Waals surface area contributed by atoms with Gasteiger partial charge in [-0.3, -0.25) is 9.48 Å². The maximum Gasteiger partial charge on any atom is 0.257 e. The first-order valence-electron chi connectivity index (χ1n) is 5.02. The lowest BCUT2D eigenvalue weighted by molar-refractivity contribution is 0.102. The highest BCUT2D eigenvalue weighted by Gasteiger charge is 2.14. The van der Waals surface area contributed by atoms with Gasteiger partial charge in [0.25, 0.3) is 5.91 Å². The Morgan fingerprint density at radius 2 is 2.06 bits per heavy atom. The Balaban J connectivity index is 2.26. The van der Waals surface area contributed by atoms with Gasteiger partial charge in [0.05, 0.1) is 17.4 Å². The largest absolute Gasteiger partial charge is 0.398 e. The van der Waals surface area contributed by atoms with Crippen LogP contribution in [0.2, 0.25) is 0 Å². The van der Waals surface area contributed by atoms with E-state index in [1.165, 1.54) is 10.9 Å². The lowest BCUT2D eigenvalue weighted by Crippen LogP contribution is -2.14. The fourth-order valence-corrected chi connectivity index (χ4v) is 1.44. The summed E-state index contributed by atoms with van der Waals surface area (Å²) in [7, 11) is 1.68. The van der Waals surface area contributed by atoms with Gasteiger partial charge < -0.3 is 11.1 Å². The van der Waals surface area contributed by atoms with Gasteiger partial charge >= 0.3 is 0 Å². The summed E-state index contributed by atoms with van der Waals surface area (Å²) < 4.78 is 27.4. The standard InChI is InChI=1S/C11H10F2N4O/c1-17-5-6(4-15-17)16-11(18)7-2-8(12)9(13)3-10(7)14/h2-5H,14H2,1H3,(H,16,18). The minimum atomic E-state index is -1.12. The van der Waals surface area contributed by atoms with Crippen molar-refractivity contribution >= 4 is 17.3 Å². The Kier molecular flexibility index (Phi) is 2.97. The van der Waals surface area contributed by atoms with Crippen LogP contribution >= 0.6 is 0 Å². The van der Waals surface area contributed by atoms with Gasteiger partial charge in [-0.05, 0) is 6.07 Å². The van der Waals surface area contributed by atoms with Gasteiger partial charge in [-0.15, -0.1) is 0 Å². The molecule has 1 aromatic heterocycles. The highest BCUT2D eigenvalue weighted by Crippen LogP contribution is 2.18. The van der Waals surface area contributed by atoms with E-state index in [9.17, 15) is 13.6 Å². The molecule has 2 rings (SSSR count). The molecule has 1 heterocycles. The number of benzene rings is 1. The van der Waals surface area contributed by atoms with E-state index in [0.29, 0.717) is 5.69 Å². The SMILES string of the molecule is Cn1cc(NC(=O)c2cc(F)c(F)cc2N)cn1. The summed E-state index contributed by atoms with van der Waals surface area (Å²) in [6.45, 7) is 0. The van der Waals surface area contributed by atoms with Gasteiger partial charge in [0.2, 0.25) is 0 Å². The number of amides is 1. The molecule has 94 valence electrons. The highest BCUT2D eigenvalue weighted by molar-refractivity contribution is 6.07. The molecule has 18 heavy (non-hydrogen) atoms. The Morgan fingerprint density at radius 1 is 1.39 bits per heavy atom. The minimum absolute atomic E-state index is 0.127. The zero-order valence-electron chi connectivity index (χ0n) is 9.45. The summed E-state index contributed by atoms with van der Waals surface area (Å²) in [4.78, 5) is 11.8. The van der Waals surface area contributed by atoms with Gasteiger partial charge in [-0.2, -0.15) is 5.10 Å². The summed E-state index contributed by atoms with van der Waals surface area (Å²) in [5.74, 6) is -2.84. The summed E-state index contributed by atoms with van der Waals surface area (Å²) >= 11 is 0. The number of nitrogens with zero attached hydrogens (tertiary/aromatic N) is 2. The third kappa shape index (κ3) is 2.29. The van der Waals surface area contributed by atoms with Crippen molar-refractivity contribution in [2.75, 3.05) is 11.1 Å². The van der Waals surface area contributed by atoms with Crippen molar-refractivity contribution in [3.8, 4) is 0 Å². The second-order valence-electron chi connectivity index (χ2n) is 3.71. The van der Waals surface area contributed by atoms with E-state index in [1.54, 1.807) is 13.2 Å². The molecule has 1 amide bonds. The number of hydrogen-bond donors (Lipinski definition) is 2. The summed E-state index contributed by atoms with van der Waals surface area (Å²) in [6, 6.07) is 1.53. The summed E-state index contributed by atoms with van der Waals surface area (Å²) in [5, 5.41) is 6.33. The molecule has 7 heteroatoms. The monoisotopic (exact) mass is 252 g/mol. The molecule has 0 unspecified atom stereocenters. The van der Waals surface area contributed by atoms with Crippen LogP contribution in [0, 0.1) is 11.6 Å².